The summed E-state index contributed by atoms with van der Waals surface area (Å²) in [6.45, 7) is 2.52. The van der Waals surface area contributed by atoms with E-state index in [0.717, 1.165) is 12.0 Å². The molecule has 3 aromatic rings. The Morgan fingerprint density at radius 1 is 1.11 bits per heavy atom. The van der Waals surface area contributed by atoms with Gasteiger partial charge in [-0.25, -0.2) is 0 Å². The van der Waals surface area contributed by atoms with Gasteiger partial charge in [0.15, 0.2) is 22.7 Å². The number of amides is 1. The third kappa shape index (κ3) is 4.28. The number of methoxy groups -OCH3 is 1. The van der Waals surface area contributed by atoms with Gasteiger partial charge in [-0.2, -0.15) is 0 Å². The molecule has 6 heteroatoms. The summed E-state index contributed by atoms with van der Waals surface area (Å²) in [6, 6.07) is 13.9. The molecule has 6 nitrogen and oxygen atoms in total. The molecule has 0 spiro atoms. The number of para-hydroxylation sites is 2. The smallest absolute Gasteiger partial charge is 0.287 e. The molecule has 0 aliphatic carbocycles. The molecule has 0 fully saturated rings. The molecule has 3 rings (SSSR count). The van der Waals surface area contributed by atoms with Crippen LogP contribution in [0.2, 0.25) is 0 Å². The molecule has 1 amide bonds. The molecule has 0 unspecified atom stereocenters. The first-order valence-corrected chi connectivity index (χ1v) is 8.73. The Balaban J connectivity index is 1.63. The van der Waals surface area contributed by atoms with Crippen LogP contribution in [0.5, 0.6) is 11.5 Å². The normalized spacial score (nSPS) is 10.6. The molecule has 1 heterocycles. The van der Waals surface area contributed by atoms with Gasteiger partial charge in [0, 0.05) is 6.07 Å². The van der Waals surface area contributed by atoms with Crippen LogP contribution in [0, 0.1) is 0 Å². The number of carbonyl (C=O) groups excluding carboxylic acids is 1. The Bertz CT molecular complexity index is 1010. The van der Waals surface area contributed by atoms with E-state index in [-0.39, 0.29) is 24.3 Å². The van der Waals surface area contributed by atoms with Crippen LogP contribution >= 0.6 is 0 Å². The van der Waals surface area contributed by atoms with Gasteiger partial charge >= 0.3 is 0 Å². The van der Waals surface area contributed by atoms with Crippen LogP contribution in [0.1, 0.15) is 23.0 Å². The highest BCUT2D eigenvalue weighted by atomic mass is 16.5. The van der Waals surface area contributed by atoms with E-state index in [1.807, 2.05) is 25.1 Å². The Kier molecular flexibility index (Phi) is 5.76. The summed E-state index contributed by atoms with van der Waals surface area (Å²) in [4.78, 5) is 24.6. The average molecular weight is 367 g/mol. The van der Waals surface area contributed by atoms with Gasteiger partial charge in [-0.3, -0.25) is 9.59 Å². The molecule has 0 atom stereocenters. The fourth-order valence-electron chi connectivity index (χ4n) is 2.69. The van der Waals surface area contributed by atoms with E-state index in [4.69, 9.17) is 13.9 Å². The first-order valence-electron chi connectivity index (χ1n) is 8.73. The predicted molar refractivity (Wildman–Crippen MR) is 103 cm³/mol. The van der Waals surface area contributed by atoms with E-state index in [2.05, 4.69) is 5.32 Å². The molecule has 0 aliphatic heterocycles. The van der Waals surface area contributed by atoms with E-state index in [1.54, 1.807) is 31.4 Å². The van der Waals surface area contributed by atoms with Crippen LogP contribution in [0.25, 0.3) is 11.0 Å². The van der Waals surface area contributed by atoms with Gasteiger partial charge < -0.3 is 19.2 Å². The van der Waals surface area contributed by atoms with Crippen molar-refractivity contribution in [1.29, 1.82) is 0 Å². The summed E-state index contributed by atoms with van der Waals surface area (Å²) < 4.78 is 16.4. The van der Waals surface area contributed by atoms with Crippen molar-refractivity contribution >= 4 is 16.9 Å². The second kappa shape index (κ2) is 8.40. The second-order valence-corrected chi connectivity index (χ2v) is 5.91. The summed E-state index contributed by atoms with van der Waals surface area (Å²) in [6.07, 6.45) is 0.823. The third-order valence-electron chi connectivity index (χ3n) is 4.14. The van der Waals surface area contributed by atoms with Crippen LogP contribution < -0.4 is 20.2 Å². The van der Waals surface area contributed by atoms with Crippen molar-refractivity contribution in [3.63, 3.8) is 0 Å². The maximum absolute atomic E-state index is 12.3. The van der Waals surface area contributed by atoms with E-state index < -0.39 is 5.91 Å². The van der Waals surface area contributed by atoms with E-state index in [1.165, 1.54) is 6.07 Å². The topological polar surface area (TPSA) is 77.8 Å². The molecule has 1 aromatic heterocycles. The number of ether oxygens (including phenoxy) is 2. The molecule has 0 aliphatic rings. The Hall–Kier alpha value is -3.28. The van der Waals surface area contributed by atoms with Gasteiger partial charge in [0.05, 0.1) is 19.0 Å². The number of benzene rings is 2. The standard InChI is InChI=1S/C21H21NO5/c1-3-14-8-9-17-15(12-14)16(23)13-20(27-17)21(24)22-10-11-26-19-7-5-4-6-18(19)25-2/h4-9,12-13H,3,10-11H2,1-2H3,(H,22,24). The highest BCUT2D eigenvalue weighted by Crippen LogP contribution is 2.25. The largest absolute Gasteiger partial charge is 0.493 e. The van der Waals surface area contributed by atoms with Crippen molar-refractivity contribution < 1.29 is 18.7 Å². The number of nitrogens with one attached hydrogen (secondary N) is 1. The minimum atomic E-state index is -0.461. The van der Waals surface area contributed by atoms with Crippen molar-refractivity contribution in [2.24, 2.45) is 0 Å². The lowest BCUT2D eigenvalue weighted by Crippen LogP contribution is -2.28. The van der Waals surface area contributed by atoms with Crippen LogP contribution in [0.3, 0.4) is 0 Å². The summed E-state index contributed by atoms with van der Waals surface area (Å²) in [5.41, 5.74) is 1.21. The number of fused-ring (bicyclic) bond motifs is 1. The summed E-state index contributed by atoms with van der Waals surface area (Å²) >= 11 is 0. The van der Waals surface area contributed by atoms with Crippen LogP contribution in [0.15, 0.2) is 57.7 Å². The molecule has 0 saturated heterocycles. The van der Waals surface area contributed by atoms with Crippen molar-refractivity contribution in [1.82, 2.24) is 5.32 Å². The van der Waals surface area contributed by atoms with Gasteiger partial charge in [0.1, 0.15) is 12.2 Å². The monoisotopic (exact) mass is 367 g/mol. The average Bonchev–Trinajstić information content (AvgIpc) is 2.71. The maximum atomic E-state index is 12.3. The quantitative estimate of drug-likeness (QED) is 0.649. The minimum Gasteiger partial charge on any atom is -0.493 e. The maximum Gasteiger partial charge on any atom is 0.287 e. The number of hydrogen-bond donors (Lipinski definition) is 1. The van der Waals surface area contributed by atoms with Gasteiger partial charge in [0.25, 0.3) is 5.91 Å². The van der Waals surface area contributed by atoms with Crippen molar-refractivity contribution in [3.05, 3.63) is 70.1 Å². The van der Waals surface area contributed by atoms with Crippen molar-refractivity contribution in [3.8, 4) is 11.5 Å². The zero-order valence-electron chi connectivity index (χ0n) is 15.3. The SMILES string of the molecule is CCc1ccc2oc(C(=O)NCCOc3ccccc3OC)cc(=O)c2c1. The molecule has 2 aromatic carbocycles. The number of rotatable bonds is 7. The zero-order valence-corrected chi connectivity index (χ0v) is 15.3. The Morgan fingerprint density at radius 3 is 2.63 bits per heavy atom. The molecular weight excluding hydrogens is 346 g/mol. The van der Waals surface area contributed by atoms with Crippen LogP contribution in [-0.4, -0.2) is 26.2 Å². The van der Waals surface area contributed by atoms with Gasteiger partial charge in [0.2, 0.25) is 0 Å². The summed E-state index contributed by atoms with van der Waals surface area (Å²) in [5.74, 6) is 0.736. The molecule has 140 valence electrons. The first-order chi connectivity index (χ1) is 13.1. The van der Waals surface area contributed by atoms with Crippen molar-refractivity contribution in [2.75, 3.05) is 20.3 Å². The summed E-state index contributed by atoms with van der Waals surface area (Å²) in [7, 11) is 1.56. The van der Waals surface area contributed by atoms with Crippen LogP contribution in [-0.2, 0) is 6.42 Å². The molecule has 1 N–H and O–H groups in total. The lowest BCUT2D eigenvalue weighted by molar-refractivity contribution is 0.0919. The number of carbonyl (C=O) groups is 1. The van der Waals surface area contributed by atoms with E-state index in [9.17, 15) is 9.59 Å². The highest BCUT2D eigenvalue weighted by Gasteiger charge is 2.12. The fourth-order valence-corrected chi connectivity index (χ4v) is 2.69. The highest BCUT2D eigenvalue weighted by molar-refractivity contribution is 5.93. The zero-order chi connectivity index (χ0) is 19.2. The van der Waals surface area contributed by atoms with Crippen LogP contribution in [0.4, 0.5) is 0 Å². The predicted octanol–water partition coefficient (Wildman–Crippen LogP) is 3.17. The van der Waals surface area contributed by atoms with E-state index in [0.29, 0.717) is 22.5 Å². The molecule has 0 radical (unpaired) electrons. The molecule has 0 bridgehead atoms. The molecule has 0 saturated carbocycles. The third-order valence-corrected chi connectivity index (χ3v) is 4.14. The molecular formula is C21H21NO5. The lowest BCUT2D eigenvalue weighted by atomic mass is 10.1. The Morgan fingerprint density at radius 2 is 1.89 bits per heavy atom. The lowest BCUT2D eigenvalue weighted by Gasteiger charge is -2.10. The fraction of sp³-hybridized carbons (Fsp3) is 0.238. The molecule has 27 heavy (non-hydrogen) atoms. The van der Waals surface area contributed by atoms with Gasteiger partial charge in [-0.15, -0.1) is 0 Å². The first kappa shape index (κ1) is 18.5. The minimum absolute atomic E-state index is 0.0194. The van der Waals surface area contributed by atoms with E-state index >= 15 is 0 Å². The van der Waals surface area contributed by atoms with Crippen molar-refractivity contribution in [2.45, 2.75) is 13.3 Å². The second-order valence-electron chi connectivity index (χ2n) is 5.91. The number of hydrogen-bond acceptors (Lipinski definition) is 5. The van der Waals surface area contributed by atoms with Gasteiger partial charge in [-0.1, -0.05) is 25.1 Å². The van der Waals surface area contributed by atoms with Gasteiger partial charge in [-0.05, 0) is 36.2 Å². The Labute approximate surface area is 156 Å². The number of aryl methyl sites for hydroxylation is 1. The summed E-state index contributed by atoms with van der Waals surface area (Å²) in [5, 5.41) is 3.16.